The Morgan fingerprint density at radius 1 is 0.885 bits per heavy atom. The van der Waals surface area contributed by atoms with E-state index in [9.17, 15) is 9.59 Å². The van der Waals surface area contributed by atoms with E-state index in [4.69, 9.17) is 0 Å². The van der Waals surface area contributed by atoms with Crippen molar-refractivity contribution in [2.75, 3.05) is 5.32 Å². The predicted octanol–water partition coefficient (Wildman–Crippen LogP) is 4.08. The van der Waals surface area contributed by atoms with E-state index in [1.165, 1.54) is 0 Å². The monoisotopic (exact) mass is 343 g/mol. The summed E-state index contributed by atoms with van der Waals surface area (Å²) < 4.78 is 0. The second-order valence-corrected chi connectivity index (χ2v) is 6.16. The van der Waals surface area contributed by atoms with Gasteiger partial charge in [0.2, 0.25) is 0 Å². The number of aromatic amines is 2. The van der Waals surface area contributed by atoms with Crippen molar-refractivity contribution < 1.29 is 4.79 Å². The van der Waals surface area contributed by atoms with Crippen LogP contribution in [0, 0.1) is 6.92 Å². The SMILES string of the molecule is Cc1cccc(-c2ccccc2)c1C(=O)Nc1ccc2[nH]c(=O)[nH]c2c1. The van der Waals surface area contributed by atoms with Gasteiger partial charge < -0.3 is 15.3 Å². The first-order valence-electron chi connectivity index (χ1n) is 8.30. The highest BCUT2D eigenvalue weighted by Crippen LogP contribution is 2.27. The van der Waals surface area contributed by atoms with Crippen LogP contribution >= 0.6 is 0 Å². The minimum absolute atomic E-state index is 0.181. The van der Waals surface area contributed by atoms with Crippen LogP contribution in [0.1, 0.15) is 15.9 Å². The first kappa shape index (κ1) is 15.9. The van der Waals surface area contributed by atoms with Gasteiger partial charge in [-0.2, -0.15) is 0 Å². The Morgan fingerprint density at radius 3 is 2.46 bits per heavy atom. The van der Waals surface area contributed by atoms with Gasteiger partial charge in [-0.05, 0) is 41.8 Å². The normalized spacial score (nSPS) is 10.8. The molecule has 26 heavy (non-hydrogen) atoms. The number of aromatic nitrogens is 2. The highest BCUT2D eigenvalue weighted by molar-refractivity contribution is 6.10. The molecule has 3 N–H and O–H groups in total. The second-order valence-electron chi connectivity index (χ2n) is 6.16. The maximum atomic E-state index is 13.0. The zero-order valence-corrected chi connectivity index (χ0v) is 14.2. The molecule has 5 nitrogen and oxygen atoms in total. The molecule has 1 heterocycles. The Labute approximate surface area is 149 Å². The highest BCUT2D eigenvalue weighted by Gasteiger charge is 2.16. The van der Waals surface area contributed by atoms with Crippen molar-refractivity contribution in [3.05, 3.63) is 88.3 Å². The molecule has 4 rings (SSSR count). The third kappa shape index (κ3) is 2.91. The molecule has 1 amide bonds. The molecule has 0 saturated carbocycles. The molecule has 0 aliphatic rings. The number of anilines is 1. The molecule has 0 radical (unpaired) electrons. The van der Waals surface area contributed by atoms with Crippen LogP contribution in [-0.4, -0.2) is 15.9 Å². The molecular weight excluding hydrogens is 326 g/mol. The van der Waals surface area contributed by atoms with Crippen LogP contribution in [0.15, 0.2) is 71.5 Å². The summed E-state index contributed by atoms with van der Waals surface area (Å²) in [5.74, 6) is -0.181. The lowest BCUT2D eigenvalue weighted by Gasteiger charge is -2.13. The summed E-state index contributed by atoms with van der Waals surface area (Å²) >= 11 is 0. The molecule has 0 aliphatic carbocycles. The van der Waals surface area contributed by atoms with Crippen molar-refractivity contribution in [2.24, 2.45) is 0 Å². The lowest BCUT2D eigenvalue weighted by atomic mass is 9.95. The summed E-state index contributed by atoms with van der Waals surface area (Å²) in [7, 11) is 0. The van der Waals surface area contributed by atoms with Crippen LogP contribution < -0.4 is 11.0 Å². The van der Waals surface area contributed by atoms with E-state index in [1.807, 2.05) is 55.5 Å². The molecule has 128 valence electrons. The number of rotatable bonds is 3. The molecule has 0 aliphatic heterocycles. The summed E-state index contributed by atoms with van der Waals surface area (Å²) in [4.78, 5) is 29.8. The van der Waals surface area contributed by atoms with Crippen molar-refractivity contribution in [3.8, 4) is 11.1 Å². The van der Waals surface area contributed by atoms with Crippen LogP contribution in [0.3, 0.4) is 0 Å². The van der Waals surface area contributed by atoms with Gasteiger partial charge in [-0.25, -0.2) is 4.79 Å². The number of aryl methyl sites for hydroxylation is 1. The minimum Gasteiger partial charge on any atom is -0.322 e. The summed E-state index contributed by atoms with van der Waals surface area (Å²) in [6.07, 6.45) is 0. The largest absolute Gasteiger partial charge is 0.323 e. The van der Waals surface area contributed by atoms with Gasteiger partial charge in [-0.3, -0.25) is 4.79 Å². The quantitative estimate of drug-likeness (QED) is 0.524. The third-order valence-electron chi connectivity index (χ3n) is 4.36. The lowest BCUT2D eigenvalue weighted by molar-refractivity contribution is 0.102. The number of H-pyrrole nitrogens is 2. The fourth-order valence-electron chi connectivity index (χ4n) is 3.13. The molecule has 1 aromatic heterocycles. The number of carbonyl (C=O) groups is 1. The maximum Gasteiger partial charge on any atom is 0.323 e. The molecule has 0 atom stereocenters. The summed E-state index contributed by atoms with van der Waals surface area (Å²) in [6, 6.07) is 20.9. The fourth-order valence-corrected chi connectivity index (χ4v) is 3.13. The summed E-state index contributed by atoms with van der Waals surface area (Å²) in [5.41, 5.74) is 5.14. The van der Waals surface area contributed by atoms with Gasteiger partial charge in [0.1, 0.15) is 0 Å². The van der Waals surface area contributed by atoms with E-state index >= 15 is 0 Å². The van der Waals surface area contributed by atoms with Crippen LogP contribution in [-0.2, 0) is 0 Å². The fraction of sp³-hybridized carbons (Fsp3) is 0.0476. The molecule has 3 aromatic carbocycles. The van der Waals surface area contributed by atoms with Gasteiger partial charge in [-0.1, -0.05) is 48.5 Å². The smallest absolute Gasteiger partial charge is 0.322 e. The predicted molar refractivity (Wildman–Crippen MR) is 103 cm³/mol. The molecule has 4 aromatic rings. The molecular formula is C21H17N3O2. The molecule has 0 fully saturated rings. The van der Waals surface area contributed by atoms with Crippen LogP contribution in [0.5, 0.6) is 0 Å². The van der Waals surface area contributed by atoms with E-state index in [-0.39, 0.29) is 11.6 Å². The molecule has 0 bridgehead atoms. The zero-order valence-electron chi connectivity index (χ0n) is 14.2. The average molecular weight is 343 g/mol. The van der Waals surface area contributed by atoms with Crippen molar-refractivity contribution in [2.45, 2.75) is 6.92 Å². The zero-order chi connectivity index (χ0) is 18.1. The Bertz CT molecular complexity index is 1160. The first-order chi connectivity index (χ1) is 12.6. The van der Waals surface area contributed by atoms with Gasteiger partial charge in [0.15, 0.2) is 0 Å². The van der Waals surface area contributed by atoms with Crippen molar-refractivity contribution in [1.82, 2.24) is 9.97 Å². The van der Waals surface area contributed by atoms with E-state index in [1.54, 1.807) is 18.2 Å². The number of nitrogens with one attached hydrogen (secondary N) is 3. The Balaban J connectivity index is 1.72. The van der Waals surface area contributed by atoms with E-state index in [0.717, 1.165) is 16.7 Å². The number of hydrogen-bond donors (Lipinski definition) is 3. The number of amides is 1. The summed E-state index contributed by atoms with van der Waals surface area (Å²) in [5, 5.41) is 2.94. The highest BCUT2D eigenvalue weighted by atomic mass is 16.2. The van der Waals surface area contributed by atoms with Crippen LogP contribution in [0.2, 0.25) is 0 Å². The van der Waals surface area contributed by atoms with Gasteiger partial charge >= 0.3 is 5.69 Å². The van der Waals surface area contributed by atoms with Crippen LogP contribution in [0.25, 0.3) is 22.2 Å². The lowest BCUT2D eigenvalue weighted by Crippen LogP contribution is -2.14. The molecule has 0 unspecified atom stereocenters. The van der Waals surface area contributed by atoms with Crippen molar-refractivity contribution in [1.29, 1.82) is 0 Å². The standard InChI is InChI=1S/C21H17N3O2/c1-13-6-5-9-16(14-7-3-2-4-8-14)19(13)20(25)22-15-10-11-17-18(12-15)24-21(26)23-17/h2-12H,1H3,(H,22,25)(H2,23,24,26). The van der Waals surface area contributed by atoms with Crippen molar-refractivity contribution in [3.63, 3.8) is 0 Å². The van der Waals surface area contributed by atoms with E-state index < -0.39 is 0 Å². The minimum atomic E-state index is -0.270. The number of hydrogen-bond acceptors (Lipinski definition) is 2. The molecule has 0 saturated heterocycles. The Hall–Kier alpha value is -3.60. The third-order valence-corrected chi connectivity index (χ3v) is 4.36. The topological polar surface area (TPSA) is 77.8 Å². The number of benzene rings is 3. The maximum absolute atomic E-state index is 13.0. The number of imidazole rings is 1. The van der Waals surface area contributed by atoms with Gasteiger partial charge in [0.25, 0.3) is 5.91 Å². The van der Waals surface area contributed by atoms with E-state index in [0.29, 0.717) is 22.3 Å². The second kappa shape index (κ2) is 6.37. The Morgan fingerprint density at radius 2 is 1.65 bits per heavy atom. The first-order valence-corrected chi connectivity index (χ1v) is 8.30. The number of fused-ring (bicyclic) bond motifs is 1. The molecule has 0 spiro atoms. The van der Waals surface area contributed by atoms with Gasteiger partial charge in [0.05, 0.1) is 16.6 Å². The number of carbonyl (C=O) groups excluding carboxylic acids is 1. The van der Waals surface area contributed by atoms with E-state index in [2.05, 4.69) is 15.3 Å². The van der Waals surface area contributed by atoms with Gasteiger partial charge in [-0.15, -0.1) is 0 Å². The average Bonchev–Trinajstić information content (AvgIpc) is 3.01. The van der Waals surface area contributed by atoms with Crippen molar-refractivity contribution >= 4 is 22.6 Å². The van der Waals surface area contributed by atoms with Crippen LogP contribution in [0.4, 0.5) is 5.69 Å². The summed E-state index contributed by atoms with van der Waals surface area (Å²) in [6.45, 7) is 1.92. The molecule has 5 heteroatoms. The Kier molecular flexibility index (Phi) is 3.89. The van der Waals surface area contributed by atoms with Gasteiger partial charge in [0, 0.05) is 5.69 Å².